The van der Waals surface area contributed by atoms with Gasteiger partial charge < -0.3 is 10.6 Å². The lowest BCUT2D eigenvalue weighted by Gasteiger charge is -2.26. The van der Waals surface area contributed by atoms with Gasteiger partial charge in [-0.2, -0.15) is 0 Å². The van der Waals surface area contributed by atoms with E-state index in [-0.39, 0.29) is 6.04 Å². The molecule has 0 unspecified atom stereocenters. The Labute approximate surface area is 131 Å². The van der Waals surface area contributed by atoms with Crippen molar-refractivity contribution in [3.05, 3.63) is 59.9 Å². The molecule has 0 bridgehead atoms. The number of rotatable bonds is 4. The molecule has 0 fully saturated rings. The molecule has 1 aromatic heterocycles. The van der Waals surface area contributed by atoms with E-state index >= 15 is 0 Å². The number of nitrogens with zero attached hydrogens (tertiary/aromatic N) is 1. The Morgan fingerprint density at radius 3 is 2.52 bits per heavy atom. The number of hydrogen-bond donors (Lipinski definition) is 2. The number of anilines is 1. The monoisotopic (exact) mass is 299 g/mol. The Hall–Kier alpha value is -1.94. The van der Waals surface area contributed by atoms with Crippen LogP contribution in [0.25, 0.3) is 0 Å². The number of nitrogens with one attached hydrogen (secondary N) is 2. The molecule has 3 nitrogen and oxygen atoms in total. The van der Waals surface area contributed by atoms with Gasteiger partial charge in [0.05, 0.1) is 17.9 Å². The lowest BCUT2D eigenvalue weighted by atomic mass is 9.93. The van der Waals surface area contributed by atoms with Crippen molar-refractivity contribution >= 4 is 23.0 Å². The van der Waals surface area contributed by atoms with E-state index in [2.05, 4.69) is 60.7 Å². The molecule has 1 aromatic carbocycles. The first-order chi connectivity index (χ1) is 10.1. The van der Waals surface area contributed by atoms with Crippen LogP contribution >= 0.6 is 12.2 Å². The van der Waals surface area contributed by atoms with Crippen molar-refractivity contribution in [1.29, 1.82) is 0 Å². The highest BCUT2D eigenvalue weighted by Crippen LogP contribution is 2.24. The minimum Gasteiger partial charge on any atom is -0.355 e. The number of aryl methyl sites for hydroxylation is 1. The Morgan fingerprint density at radius 2 is 1.90 bits per heavy atom. The van der Waals surface area contributed by atoms with Gasteiger partial charge in [-0.25, -0.2) is 0 Å². The molecule has 1 atom stereocenters. The molecule has 0 radical (unpaired) electrons. The van der Waals surface area contributed by atoms with Crippen molar-refractivity contribution in [2.75, 3.05) is 5.32 Å². The van der Waals surface area contributed by atoms with E-state index in [1.165, 1.54) is 11.1 Å². The Kier molecular flexibility index (Phi) is 5.28. The molecule has 21 heavy (non-hydrogen) atoms. The average Bonchev–Trinajstić information content (AvgIpc) is 2.46. The van der Waals surface area contributed by atoms with Crippen LogP contribution in [0.15, 0.2) is 48.8 Å². The third-order valence-electron chi connectivity index (χ3n) is 3.40. The number of thiocarbonyl (C=S) groups is 1. The van der Waals surface area contributed by atoms with Gasteiger partial charge in [-0.3, -0.25) is 4.98 Å². The summed E-state index contributed by atoms with van der Waals surface area (Å²) in [5, 5.41) is 7.20. The van der Waals surface area contributed by atoms with E-state index in [4.69, 9.17) is 12.2 Å². The van der Waals surface area contributed by atoms with E-state index in [0.717, 1.165) is 5.69 Å². The molecule has 0 saturated carbocycles. The first kappa shape index (κ1) is 15.4. The Balaban J connectivity index is 2.10. The molecular formula is C17H21N3S. The third kappa shape index (κ3) is 4.26. The number of benzene rings is 1. The van der Waals surface area contributed by atoms with E-state index < -0.39 is 0 Å². The van der Waals surface area contributed by atoms with Gasteiger partial charge >= 0.3 is 0 Å². The largest absolute Gasteiger partial charge is 0.355 e. The van der Waals surface area contributed by atoms with Crippen molar-refractivity contribution in [1.82, 2.24) is 10.3 Å². The maximum absolute atomic E-state index is 5.42. The summed E-state index contributed by atoms with van der Waals surface area (Å²) in [6.07, 6.45) is 3.50. The first-order valence-electron chi connectivity index (χ1n) is 7.11. The van der Waals surface area contributed by atoms with Crippen LogP contribution in [0.5, 0.6) is 0 Å². The van der Waals surface area contributed by atoms with E-state index in [1.807, 2.05) is 12.1 Å². The Bertz CT molecular complexity index is 596. The molecule has 0 spiro atoms. The summed E-state index contributed by atoms with van der Waals surface area (Å²) in [5.41, 5.74) is 3.44. The maximum atomic E-state index is 5.42. The van der Waals surface area contributed by atoms with Gasteiger partial charge in [0.25, 0.3) is 0 Å². The SMILES string of the molecule is Cc1ccccc1[C@H](NC(=S)Nc1cccnc1)C(C)C. The van der Waals surface area contributed by atoms with E-state index in [9.17, 15) is 0 Å². The lowest BCUT2D eigenvalue weighted by Crippen LogP contribution is -2.35. The summed E-state index contributed by atoms with van der Waals surface area (Å²) in [6.45, 7) is 6.51. The molecule has 0 aliphatic heterocycles. The average molecular weight is 299 g/mol. The van der Waals surface area contributed by atoms with Crippen molar-refractivity contribution in [2.24, 2.45) is 5.92 Å². The highest BCUT2D eigenvalue weighted by Gasteiger charge is 2.18. The number of pyridine rings is 1. The van der Waals surface area contributed by atoms with E-state index in [1.54, 1.807) is 12.4 Å². The zero-order chi connectivity index (χ0) is 15.2. The van der Waals surface area contributed by atoms with Gasteiger partial charge in [-0.05, 0) is 48.3 Å². The van der Waals surface area contributed by atoms with Crippen molar-refractivity contribution in [2.45, 2.75) is 26.8 Å². The van der Waals surface area contributed by atoms with Crippen molar-refractivity contribution in [3.63, 3.8) is 0 Å². The predicted octanol–water partition coefficient (Wildman–Crippen LogP) is 4.07. The van der Waals surface area contributed by atoms with Crippen molar-refractivity contribution in [3.8, 4) is 0 Å². The van der Waals surface area contributed by atoms with Crippen LogP contribution in [0.2, 0.25) is 0 Å². The normalized spacial score (nSPS) is 12.0. The van der Waals surface area contributed by atoms with Gasteiger partial charge in [-0.1, -0.05) is 38.1 Å². The molecule has 1 heterocycles. The molecule has 0 amide bonds. The molecule has 0 aliphatic rings. The molecule has 2 rings (SSSR count). The van der Waals surface area contributed by atoms with Gasteiger partial charge in [0.1, 0.15) is 0 Å². The van der Waals surface area contributed by atoms with Crippen LogP contribution < -0.4 is 10.6 Å². The van der Waals surface area contributed by atoms with Gasteiger partial charge in [0, 0.05) is 6.20 Å². The number of hydrogen-bond acceptors (Lipinski definition) is 2. The topological polar surface area (TPSA) is 37.0 Å². The molecule has 0 aliphatic carbocycles. The number of aromatic nitrogens is 1. The van der Waals surface area contributed by atoms with Gasteiger partial charge in [-0.15, -0.1) is 0 Å². The molecule has 110 valence electrons. The van der Waals surface area contributed by atoms with Crippen LogP contribution in [-0.2, 0) is 0 Å². The summed E-state index contributed by atoms with van der Waals surface area (Å²) < 4.78 is 0. The lowest BCUT2D eigenvalue weighted by molar-refractivity contribution is 0.471. The maximum Gasteiger partial charge on any atom is 0.171 e. The fourth-order valence-corrected chi connectivity index (χ4v) is 2.53. The first-order valence-corrected chi connectivity index (χ1v) is 7.52. The van der Waals surface area contributed by atoms with Crippen LogP contribution in [-0.4, -0.2) is 10.1 Å². The second-order valence-corrected chi connectivity index (χ2v) is 5.83. The minimum atomic E-state index is 0.183. The summed E-state index contributed by atoms with van der Waals surface area (Å²) >= 11 is 5.42. The third-order valence-corrected chi connectivity index (χ3v) is 3.62. The van der Waals surface area contributed by atoms with Gasteiger partial charge in [0.15, 0.2) is 5.11 Å². The fourth-order valence-electron chi connectivity index (χ4n) is 2.28. The second-order valence-electron chi connectivity index (χ2n) is 5.42. The zero-order valence-corrected chi connectivity index (χ0v) is 13.4. The second kappa shape index (κ2) is 7.18. The molecule has 0 saturated heterocycles. The molecule has 2 N–H and O–H groups in total. The predicted molar refractivity (Wildman–Crippen MR) is 92.4 cm³/mol. The fraction of sp³-hybridized carbons (Fsp3) is 0.294. The highest BCUT2D eigenvalue weighted by molar-refractivity contribution is 7.80. The molecule has 2 aromatic rings. The smallest absolute Gasteiger partial charge is 0.171 e. The van der Waals surface area contributed by atoms with Gasteiger partial charge in [0.2, 0.25) is 0 Å². The van der Waals surface area contributed by atoms with Crippen LogP contribution in [0.1, 0.15) is 31.0 Å². The summed E-state index contributed by atoms with van der Waals surface area (Å²) in [4.78, 5) is 4.07. The van der Waals surface area contributed by atoms with Crippen LogP contribution in [0.3, 0.4) is 0 Å². The Morgan fingerprint density at radius 1 is 1.14 bits per heavy atom. The van der Waals surface area contributed by atoms with Crippen LogP contribution in [0.4, 0.5) is 5.69 Å². The van der Waals surface area contributed by atoms with Crippen molar-refractivity contribution < 1.29 is 0 Å². The molecule has 4 heteroatoms. The summed E-state index contributed by atoms with van der Waals surface area (Å²) in [6, 6.07) is 12.4. The highest BCUT2D eigenvalue weighted by atomic mass is 32.1. The molecular weight excluding hydrogens is 278 g/mol. The standard InChI is InChI=1S/C17H21N3S/c1-12(2)16(15-9-5-4-7-13(15)3)20-17(21)19-14-8-6-10-18-11-14/h4-12,16H,1-3H3,(H2,19,20,21)/t16-/m1/s1. The minimum absolute atomic E-state index is 0.183. The van der Waals surface area contributed by atoms with E-state index in [0.29, 0.717) is 11.0 Å². The summed E-state index contributed by atoms with van der Waals surface area (Å²) in [5.74, 6) is 0.430. The van der Waals surface area contributed by atoms with Crippen LogP contribution in [0, 0.1) is 12.8 Å². The quantitative estimate of drug-likeness (QED) is 0.834. The zero-order valence-electron chi connectivity index (χ0n) is 12.6. The summed E-state index contributed by atoms with van der Waals surface area (Å²) in [7, 11) is 0.